The molecule has 1 aromatic heterocycles. The van der Waals surface area contributed by atoms with Gasteiger partial charge >= 0.3 is 0 Å². The maximum absolute atomic E-state index is 12.2. The van der Waals surface area contributed by atoms with Gasteiger partial charge in [0, 0.05) is 30.0 Å². The molecule has 1 amide bonds. The molecule has 1 aliphatic heterocycles. The van der Waals surface area contributed by atoms with E-state index in [4.69, 9.17) is 0 Å². The van der Waals surface area contributed by atoms with Crippen LogP contribution < -0.4 is 10.2 Å². The Morgan fingerprint density at radius 1 is 1.08 bits per heavy atom. The van der Waals surface area contributed by atoms with Gasteiger partial charge in [0.15, 0.2) is 5.78 Å². The second kappa shape index (κ2) is 10.3. The fraction of sp³-hybridized carbons (Fsp3) is 0.172. The minimum Gasteiger partial charge on any atom is -0.505 e. The summed E-state index contributed by atoms with van der Waals surface area (Å²) in [5.41, 5.74) is 5.38. The van der Waals surface area contributed by atoms with Gasteiger partial charge in [-0.1, -0.05) is 36.9 Å². The van der Waals surface area contributed by atoms with Gasteiger partial charge in [0.1, 0.15) is 22.5 Å². The van der Waals surface area contributed by atoms with Crippen molar-refractivity contribution >= 4 is 34.5 Å². The lowest BCUT2D eigenvalue weighted by molar-refractivity contribution is -0.123. The number of nitrogens with zero attached hydrogens (tertiary/aromatic N) is 4. The summed E-state index contributed by atoms with van der Waals surface area (Å²) >= 11 is 0. The van der Waals surface area contributed by atoms with Crippen molar-refractivity contribution in [2.45, 2.75) is 26.5 Å². The molecule has 4 aromatic rings. The normalized spacial score (nSPS) is 14.8. The molecule has 1 saturated heterocycles. The fourth-order valence-corrected chi connectivity index (χ4v) is 4.41. The Morgan fingerprint density at radius 2 is 1.84 bits per heavy atom. The Balaban J connectivity index is 1.37. The third-order valence-corrected chi connectivity index (χ3v) is 6.46. The molecular weight excluding hydrogens is 482 g/mol. The summed E-state index contributed by atoms with van der Waals surface area (Å²) in [5.74, 6) is -0.602. The van der Waals surface area contributed by atoms with Gasteiger partial charge in [-0.15, -0.1) is 15.0 Å². The van der Waals surface area contributed by atoms with Crippen LogP contribution in [0.25, 0.3) is 22.8 Å². The molecule has 192 valence electrons. The number of rotatable bonds is 7. The van der Waals surface area contributed by atoms with Crippen molar-refractivity contribution in [2.24, 2.45) is 0 Å². The van der Waals surface area contributed by atoms with Crippen LogP contribution in [0.4, 0.5) is 5.69 Å². The van der Waals surface area contributed by atoms with Crippen LogP contribution in [0, 0.1) is 0 Å². The smallest absolute Gasteiger partial charge is 0.259 e. The van der Waals surface area contributed by atoms with Crippen LogP contribution in [0.5, 0.6) is 5.75 Å². The maximum Gasteiger partial charge on any atom is 0.259 e. The Morgan fingerprint density at radius 3 is 2.55 bits per heavy atom. The van der Waals surface area contributed by atoms with Gasteiger partial charge < -0.3 is 20.4 Å². The van der Waals surface area contributed by atoms with E-state index in [9.17, 15) is 19.8 Å². The number of allylic oxidation sites excluding steroid dienone is 1. The predicted molar refractivity (Wildman–Crippen MR) is 145 cm³/mol. The van der Waals surface area contributed by atoms with Gasteiger partial charge in [0.05, 0.1) is 18.6 Å². The topological polar surface area (TPSA) is 121 Å². The molecular formula is C29H27N5O4. The Labute approximate surface area is 219 Å². The van der Waals surface area contributed by atoms with Crippen LogP contribution in [-0.4, -0.2) is 43.4 Å². The number of Topliss-reactive ketones (excluding diaryl/α,β-unsaturated/α-hetero) is 1. The van der Waals surface area contributed by atoms with Crippen LogP contribution in [0.15, 0.2) is 78.5 Å². The van der Waals surface area contributed by atoms with Crippen molar-refractivity contribution in [3.05, 3.63) is 95.2 Å². The van der Waals surface area contributed by atoms with Crippen LogP contribution in [0.2, 0.25) is 0 Å². The number of aromatic hydroxyl groups is 1. The Kier molecular flexibility index (Phi) is 6.76. The summed E-state index contributed by atoms with van der Waals surface area (Å²) in [4.78, 5) is 27.9. The van der Waals surface area contributed by atoms with Crippen molar-refractivity contribution in [1.82, 2.24) is 20.3 Å². The third kappa shape index (κ3) is 4.91. The number of anilines is 1. The van der Waals surface area contributed by atoms with E-state index < -0.39 is 5.91 Å². The Bertz CT molecular complexity index is 1560. The molecule has 0 aliphatic carbocycles. The molecule has 9 heteroatoms. The van der Waals surface area contributed by atoms with Crippen LogP contribution >= 0.6 is 0 Å². The molecule has 0 bridgehead atoms. The van der Waals surface area contributed by atoms with Crippen LogP contribution in [0.1, 0.15) is 30.0 Å². The zero-order valence-electron chi connectivity index (χ0n) is 20.9. The highest BCUT2D eigenvalue weighted by atomic mass is 16.3. The highest BCUT2D eigenvalue weighted by molar-refractivity contribution is 6.25. The maximum atomic E-state index is 12.2. The minimum absolute atomic E-state index is 0.0819. The molecule has 0 unspecified atom stereocenters. The van der Waals surface area contributed by atoms with E-state index in [1.54, 1.807) is 30.3 Å². The number of para-hydroxylation sites is 1. The largest absolute Gasteiger partial charge is 0.505 e. The fourth-order valence-electron chi connectivity index (χ4n) is 4.41. The van der Waals surface area contributed by atoms with Gasteiger partial charge in [0.25, 0.3) is 5.91 Å². The molecule has 3 N–H and O–H groups in total. The van der Waals surface area contributed by atoms with Crippen LogP contribution in [-0.2, 0) is 22.7 Å². The summed E-state index contributed by atoms with van der Waals surface area (Å²) < 4.78 is 0. The molecule has 0 saturated carbocycles. The van der Waals surface area contributed by atoms with E-state index in [1.807, 2.05) is 43.3 Å². The highest BCUT2D eigenvalue weighted by Gasteiger charge is 2.25. The number of benzene rings is 3. The molecule has 3 aromatic carbocycles. The molecule has 2 heterocycles. The average Bonchev–Trinajstić information content (AvgIpc) is 3.33. The quantitative estimate of drug-likeness (QED) is 0.257. The first-order valence-electron chi connectivity index (χ1n) is 12.2. The van der Waals surface area contributed by atoms with Crippen molar-refractivity contribution in [1.29, 1.82) is 0 Å². The summed E-state index contributed by atoms with van der Waals surface area (Å²) in [6.45, 7) is 6.72. The van der Waals surface area contributed by atoms with E-state index in [-0.39, 0.29) is 30.1 Å². The number of amides is 1. The number of aromatic nitrogens is 3. The molecule has 0 spiro atoms. The van der Waals surface area contributed by atoms with Crippen molar-refractivity contribution in [3.63, 3.8) is 0 Å². The monoisotopic (exact) mass is 509 g/mol. The number of piperidine rings is 1. The first-order valence-corrected chi connectivity index (χ1v) is 12.2. The van der Waals surface area contributed by atoms with Gasteiger partial charge in [0.2, 0.25) is 0 Å². The predicted octanol–water partition coefficient (Wildman–Crippen LogP) is 3.63. The lowest BCUT2D eigenvalue weighted by atomic mass is 9.99. The summed E-state index contributed by atoms with van der Waals surface area (Å²) in [6.07, 6.45) is 1.69. The van der Waals surface area contributed by atoms with E-state index in [1.165, 1.54) is 4.80 Å². The second-order valence-corrected chi connectivity index (χ2v) is 9.08. The first kappa shape index (κ1) is 24.9. The van der Waals surface area contributed by atoms with E-state index in [0.29, 0.717) is 41.1 Å². The first-order chi connectivity index (χ1) is 18.4. The van der Waals surface area contributed by atoms with Crippen LogP contribution in [0.3, 0.4) is 0 Å². The molecule has 1 aliphatic rings. The lowest BCUT2D eigenvalue weighted by Crippen LogP contribution is -2.34. The molecule has 5 rings (SSSR count). The highest BCUT2D eigenvalue weighted by Crippen LogP contribution is 2.29. The van der Waals surface area contributed by atoms with E-state index >= 15 is 0 Å². The number of hydrogen-bond acceptors (Lipinski definition) is 7. The van der Waals surface area contributed by atoms with Gasteiger partial charge in [-0.2, -0.15) is 0 Å². The number of aliphatic hydroxyl groups is 1. The summed E-state index contributed by atoms with van der Waals surface area (Å²) in [6, 6.07) is 18.3. The Hall–Kier alpha value is -4.76. The number of carbonyl (C=O) groups excluding carboxylic acids is 2. The number of nitrogens with one attached hydrogen (secondary N) is 1. The van der Waals surface area contributed by atoms with Gasteiger partial charge in [-0.3, -0.25) is 9.59 Å². The molecule has 0 radical (unpaired) electrons. The number of phenolic OH excluding ortho intramolecular Hbond substituents is 1. The SMILES string of the molecule is C=C1CC(=O)/C(=C\c2ccc(N(CC)Cc3cccc(-n4nc5ccc(CO)cc5n4)c3O)cc2)C(=O)N1. The molecule has 1 fully saturated rings. The summed E-state index contributed by atoms with van der Waals surface area (Å²) in [5, 5.41) is 32.1. The van der Waals surface area contributed by atoms with Crippen molar-refractivity contribution < 1.29 is 19.8 Å². The zero-order valence-corrected chi connectivity index (χ0v) is 20.9. The number of carbonyl (C=O) groups is 2. The molecule has 0 atom stereocenters. The van der Waals surface area contributed by atoms with Gasteiger partial charge in [-0.25, -0.2) is 0 Å². The minimum atomic E-state index is -0.436. The van der Waals surface area contributed by atoms with E-state index in [2.05, 4.69) is 27.0 Å². The number of hydrogen-bond donors (Lipinski definition) is 3. The molecule has 9 nitrogen and oxygen atoms in total. The third-order valence-electron chi connectivity index (χ3n) is 6.46. The second-order valence-electron chi connectivity index (χ2n) is 9.08. The van der Waals surface area contributed by atoms with Crippen molar-refractivity contribution in [3.8, 4) is 11.4 Å². The zero-order chi connectivity index (χ0) is 26.8. The van der Waals surface area contributed by atoms with Gasteiger partial charge in [-0.05, 0) is 54.5 Å². The van der Waals surface area contributed by atoms with E-state index in [0.717, 1.165) is 16.8 Å². The molecule has 38 heavy (non-hydrogen) atoms. The standard InChI is InChI=1S/C29H27N5O4/c1-3-33(22-10-7-19(8-11-22)14-23-27(36)13-18(2)30-29(23)38)16-21-5-4-6-26(28(21)37)34-31-24-12-9-20(17-35)15-25(24)32-34/h4-12,14-15,35,37H,2-3,13,16-17H2,1H3,(H,30,38)/b23-14+. The number of ketones is 1. The average molecular weight is 510 g/mol. The lowest BCUT2D eigenvalue weighted by Gasteiger charge is -2.24. The van der Waals surface area contributed by atoms with Crippen molar-refractivity contribution in [2.75, 3.05) is 11.4 Å². The number of aliphatic hydroxyl groups excluding tert-OH is 1. The number of phenols is 1. The summed E-state index contributed by atoms with van der Waals surface area (Å²) in [7, 11) is 0. The number of fused-ring (bicyclic) bond motifs is 1.